The zero-order valence-electron chi connectivity index (χ0n) is 5.64. The molecule has 11 heavy (non-hydrogen) atoms. The molecule has 1 nitrogen and oxygen atoms in total. The molecule has 0 fully saturated rings. The molecular formula is C7H6BrClOS. The van der Waals surface area contributed by atoms with E-state index in [4.69, 9.17) is 11.6 Å². The number of carbonyl (C=O) groups excluding carboxylic acids is 1. The summed E-state index contributed by atoms with van der Waals surface area (Å²) in [7, 11) is 0. The molecule has 1 heterocycles. The number of thiophene rings is 1. The quantitative estimate of drug-likeness (QED) is 0.757. The van der Waals surface area contributed by atoms with E-state index in [0.717, 1.165) is 8.66 Å². The third kappa shape index (κ3) is 2.93. The van der Waals surface area contributed by atoms with Crippen LogP contribution in [0.2, 0.25) is 0 Å². The summed E-state index contributed by atoms with van der Waals surface area (Å²) in [5.74, 6) is 0.177. The summed E-state index contributed by atoms with van der Waals surface area (Å²) in [6, 6.07) is 3.86. The Morgan fingerprint density at radius 1 is 1.64 bits per heavy atom. The van der Waals surface area contributed by atoms with Crippen molar-refractivity contribution in [3.05, 3.63) is 20.8 Å². The highest BCUT2D eigenvalue weighted by Crippen LogP contribution is 2.22. The van der Waals surface area contributed by atoms with Gasteiger partial charge in [0.05, 0.1) is 9.67 Å². The average Bonchev–Trinajstić information content (AvgIpc) is 2.35. The third-order valence-corrected chi connectivity index (χ3v) is 3.07. The van der Waals surface area contributed by atoms with Crippen molar-refractivity contribution in [1.29, 1.82) is 0 Å². The molecule has 60 valence electrons. The summed E-state index contributed by atoms with van der Waals surface area (Å²) < 4.78 is 1.05. The Hall–Kier alpha value is 0.140. The smallest absolute Gasteiger partial charge is 0.152 e. The molecule has 0 aliphatic carbocycles. The van der Waals surface area contributed by atoms with E-state index in [2.05, 4.69) is 15.9 Å². The van der Waals surface area contributed by atoms with Crippen LogP contribution in [0.1, 0.15) is 4.88 Å². The molecule has 1 rings (SSSR count). The standard InChI is InChI=1S/C7H6BrClOS/c8-7-2-1-6(11-7)3-5(10)4-9/h1-2H,3-4H2. The molecule has 1 aromatic heterocycles. The minimum absolute atomic E-state index is 0.0704. The van der Waals surface area contributed by atoms with Crippen LogP contribution < -0.4 is 0 Å². The minimum atomic E-state index is 0.0704. The van der Waals surface area contributed by atoms with Crippen LogP contribution in [0.25, 0.3) is 0 Å². The molecule has 0 amide bonds. The summed E-state index contributed by atoms with van der Waals surface area (Å²) in [6.07, 6.45) is 0.458. The second kappa shape index (κ2) is 4.24. The van der Waals surface area contributed by atoms with Crippen molar-refractivity contribution in [2.45, 2.75) is 6.42 Å². The van der Waals surface area contributed by atoms with Gasteiger partial charge in [-0.2, -0.15) is 0 Å². The van der Waals surface area contributed by atoms with Gasteiger partial charge in [-0.1, -0.05) is 0 Å². The topological polar surface area (TPSA) is 17.1 Å². The Balaban J connectivity index is 2.57. The number of hydrogen-bond acceptors (Lipinski definition) is 2. The van der Waals surface area contributed by atoms with Crippen LogP contribution in [0.5, 0.6) is 0 Å². The van der Waals surface area contributed by atoms with E-state index in [1.54, 1.807) is 11.3 Å². The van der Waals surface area contributed by atoms with Gasteiger partial charge in [0.25, 0.3) is 0 Å². The summed E-state index contributed by atoms with van der Waals surface area (Å²) in [4.78, 5) is 11.9. The van der Waals surface area contributed by atoms with Crippen LogP contribution in [-0.2, 0) is 11.2 Å². The van der Waals surface area contributed by atoms with Crippen molar-refractivity contribution >= 4 is 44.7 Å². The van der Waals surface area contributed by atoms with Gasteiger partial charge in [0, 0.05) is 11.3 Å². The molecule has 0 aliphatic heterocycles. The lowest BCUT2D eigenvalue weighted by atomic mass is 10.3. The van der Waals surface area contributed by atoms with Crippen LogP contribution in [0.3, 0.4) is 0 Å². The predicted octanol–water partition coefficient (Wildman–Crippen LogP) is 2.86. The first-order chi connectivity index (χ1) is 5.22. The first-order valence-electron chi connectivity index (χ1n) is 3.04. The lowest BCUT2D eigenvalue weighted by Gasteiger charge is -1.90. The zero-order valence-corrected chi connectivity index (χ0v) is 8.80. The van der Waals surface area contributed by atoms with Crippen LogP contribution >= 0.6 is 38.9 Å². The highest BCUT2D eigenvalue weighted by Gasteiger charge is 2.03. The third-order valence-electron chi connectivity index (χ3n) is 1.15. The lowest BCUT2D eigenvalue weighted by Crippen LogP contribution is -2.01. The van der Waals surface area contributed by atoms with Gasteiger partial charge in [-0.05, 0) is 28.1 Å². The molecule has 0 atom stereocenters. The highest BCUT2D eigenvalue weighted by atomic mass is 79.9. The van der Waals surface area contributed by atoms with Gasteiger partial charge in [0.2, 0.25) is 0 Å². The Labute approximate surface area is 82.5 Å². The number of rotatable bonds is 3. The number of ketones is 1. The second-order valence-corrected chi connectivity index (χ2v) is 4.87. The summed E-state index contributed by atoms with van der Waals surface area (Å²) in [5.41, 5.74) is 0. The van der Waals surface area contributed by atoms with Crippen LogP contribution in [0.15, 0.2) is 15.9 Å². The lowest BCUT2D eigenvalue weighted by molar-refractivity contribution is -0.116. The predicted molar refractivity (Wildman–Crippen MR) is 51.5 cm³/mol. The van der Waals surface area contributed by atoms with E-state index >= 15 is 0 Å². The van der Waals surface area contributed by atoms with Crippen molar-refractivity contribution < 1.29 is 4.79 Å². The maximum Gasteiger partial charge on any atom is 0.152 e. The molecule has 1 aromatic rings. The van der Waals surface area contributed by atoms with E-state index in [9.17, 15) is 4.79 Å². The maximum absolute atomic E-state index is 10.8. The van der Waals surface area contributed by atoms with Gasteiger partial charge < -0.3 is 0 Å². The number of halogens is 2. The Kier molecular flexibility index (Phi) is 3.55. The number of alkyl halides is 1. The SMILES string of the molecule is O=C(CCl)Cc1ccc(Br)s1. The molecule has 0 bridgehead atoms. The first-order valence-corrected chi connectivity index (χ1v) is 5.18. The average molecular weight is 254 g/mol. The molecule has 4 heteroatoms. The van der Waals surface area contributed by atoms with Crippen LogP contribution in [0.4, 0.5) is 0 Å². The van der Waals surface area contributed by atoms with E-state index < -0.39 is 0 Å². The van der Waals surface area contributed by atoms with Gasteiger partial charge in [-0.15, -0.1) is 22.9 Å². The van der Waals surface area contributed by atoms with Gasteiger partial charge in [0.15, 0.2) is 5.78 Å². The van der Waals surface area contributed by atoms with Gasteiger partial charge in [-0.3, -0.25) is 4.79 Å². The summed E-state index contributed by atoms with van der Waals surface area (Å²) in [5, 5.41) is 0. The molecule has 0 spiro atoms. The Bertz CT molecular complexity index is 259. The molecule has 0 N–H and O–H groups in total. The highest BCUT2D eigenvalue weighted by molar-refractivity contribution is 9.11. The number of carbonyl (C=O) groups is 1. The molecule has 0 aromatic carbocycles. The maximum atomic E-state index is 10.8. The molecule has 0 saturated heterocycles. The van der Waals surface area contributed by atoms with Crippen molar-refractivity contribution in [1.82, 2.24) is 0 Å². The van der Waals surface area contributed by atoms with Crippen molar-refractivity contribution in [2.75, 3.05) is 5.88 Å². The summed E-state index contributed by atoms with van der Waals surface area (Å²) >= 11 is 10.2. The second-order valence-electron chi connectivity index (χ2n) is 2.05. The van der Waals surface area contributed by atoms with E-state index in [1.165, 1.54) is 0 Å². The Morgan fingerprint density at radius 3 is 2.82 bits per heavy atom. The minimum Gasteiger partial charge on any atom is -0.298 e. The number of Topliss-reactive ketones (excluding diaryl/α,β-unsaturated/α-hetero) is 1. The van der Waals surface area contributed by atoms with Crippen molar-refractivity contribution in [3.8, 4) is 0 Å². The molecule has 0 radical (unpaired) electrons. The van der Waals surface area contributed by atoms with Gasteiger partial charge in [0.1, 0.15) is 0 Å². The summed E-state index contributed by atoms with van der Waals surface area (Å²) in [6.45, 7) is 0. The van der Waals surface area contributed by atoms with Crippen LogP contribution in [-0.4, -0.2) is 11.7 Å². The van der Waals surface area contributed by atoms with E-state index in [1.807, 2.05) is 12.1 Å². The van der Waals surface area contributed by atoms with E-state index in [-0.39, 0.29) is 11.7 Å². The van der Waals surface area contributed by atoms with Gasteiger partial charge >= 0.3 is 0 Å². The molecule has 0 aliphatic rings. The monoisotopic (exact) mass is 252 g/mol. The zero-order chi connectivity index (χ0) is 8.27. The normalized spacial score (nSPS) is 10.0. The van der Waals surface area contributed by atoms with Gasteiger partial charge in [-0.25, -0.2) is 0 Å². The first kappa shape index (κ1) is 9.23. The molecule has 0 unspecified atom stereocenters. The Morgan fingerprint density at radius 2 is 2.36 bits per heavy atom. The largest absolute Gasteiger partial charge is 0.298 e. The fourth-order valence-corrected chi connectivity index (χ4v) is 2.29. The van der Waals surface area contributed by atoms with Crippen molar-refractivity contribution in [2.24, 2.45) is 0 Å². The van der Waals surface area contributed by atoms with E-state index in [0.29, 0.717) is 6.42 Å². The van der Waals surface area contributed by atoms with Crippen molar-refractivity contribution in [3.63, 3.8) is 0 Å². The molecule has 0 saturated carbocycles. The molecular weight excluding hydrogens is 248 g/mol. The fourth-order valence-electron chi connectivity index (χ4n) is 0.688. The fraction of sp³-hybridized carbons (Fsp3) is 0.286. The van der Waals surface area contributed by atoms with Crippen LogP contribution in [0, 0.1) is 0 Å². The number of hydrogen-bond donors (Lipinski definition) is 0.